The molecular formula is C58H40N2O. The van der Waals surface area contributed by atoms with Crippen LogP contribution in [0.25, 0.3) is 66.1 Å². The summed E-state index contributed by atoms with van der Waals surface area (Å²) in [5.74, 6) is 0. The lowest BCUT2D eigenvalue weighted by molar-refractivity contribution is 0.669. The fourth-order valence-electron chi connectivity index (χ4n) is 8.60. The Labute approximate surface area is 355 Å². The molecule has 3 heteroatoms. The van der Waals surface area contributed by atoms with E-state index in [1.54, 1.807) is 0 Å². The molecule has 10 aromatic carbocycles. The summed E-state index contributed by atoms with van der Waals surface area (Å²) in [4.78, 5) is 4.65. The van der Waals surface area contributed by atoms with Gasteiger partial charge in [0.1, 0.15) is 11.2 Å². The Morgan fingerprint density at radius 1 is 0.246 bits per heavy atom. The first-order valence-corrected chi connectivity index (χ1v) is 20.7. The van der Waals surface area contributed by atoms with Crippen LogP contribution in [0.4, 0.5) is 34.1 Å². The van der Waals surface area contributed by atoms with Crippen molar-refractivity contribution >= 4 is 66.8 Å². The van der Waals surface area contributed by atoms with Gasteiger partial charge in [-0.05, 0) is 112 Å². The van der Waals surface area contributed by atoms with Gasteiger partial charge >= 0.3 is 0 Å². The van der Waals surface area contributed by atoms with Crippen LogP contribution in [0.15, 0.2) is 247 Å². The lowest BCUT2D eigenvalue weighted by atomic mass is 10.00. The Kier molecular flexibility index (Phi) is 9.18. The Morgan fingerprint density at radius 3 is 1.26 bits per heavy atom. The second kappa shape index (κ2) is 15.6. The lowest BCUT2D eigenvalue weighted by Gasteiger charge is -2.27. The topological polar surface area (TPSA) is 19.6 Å². The van der Waals surface area contributed by atoms with Crippen LogP contribution in [-0.4, -0.2) is 0 Å². The van der Waals surface area contributed by atoms with Gasteiger partial charge in [0.05, 0.1) is 5.69 Å². The van der Waals surface area contributed by atoms with Gasteiger partial charge < -0.3 is 14.2 Å². The molecule has 0 aliphatic heterocycles. The third-order valence-corrected chi connectivity index (χ3v) is 11.7. The van der Waals surface area contributed by atoms with E-state index in [4.69, 9.17) is 4.42 Å². The van der Waals surface area contributed by atoms with Crippen molar-refractivity contribution in [1.29, 1.82) is 0 Å². The van der Waals surface area contributed by atoms with Crippen molar-refractivity contribution in [2.45, 2.75) is 0 Å². The highest BCUT2D eigenvalue weighted by Crippen LogP contribution is 2.42. The molecular weight excluding hydrogens is 741 g/mol. The van der Waals surface area contributed by atoms with E-state index in [1.165, 1.54) is 33.0 Å². The third kappa shape index (κ3) is 6.88. The molecule has 0 aliphatic rings. The number of hydrogen-bond acceptors (Lipinski definition) is 3. The van der Waals surface area contributed by atoms with Crippen molar-refractivity contribution in [3.63, 3.8) is 0 Å². The molecule has 0 saturated heterocycles. The largest absolute Gasteiger partial charge is 0.456 e. The van der Waals surface area contributed by atoms with Crippen LogP contribution in [0.3, 0.4) is 0 Å². The monoisotopic (exact) mass is 780 g/mol. The van der Waals surface area contributed by atoms with Crippen LogP contribution in [0.2, 0.25) is 0 Å². The minimum absolute atomic E-state index is 0.870. The first kappa shape index (κ1) is 36.0. The highest BCUT2D eigenvalue weighted by Gasteiger charge is 2.18. The zero-order chi connectivity index (χ0) is 40.5. The Balaban J connectivity index is 0.905. The van der Waals surface area contributed by atoms with Gasteiger partial charge in [0, 0.05) is 50.7 Å². The first-order chi connectivity index (χ1) is 30.2. The second-order valence-electron chi connectivity index (χ2n) is 15.4. The quantitative estimate of drug-likeness (QED) is 0.145. The number of benzene rings is 10. The van der Waals surface area contributed by atoms with Crippen LogP contribution in [0, 0.1) is 0 Å². The van der Waals surface area contributed by atoms with E-state index >= 15 is 0 Å². The number of nitrogens with zero attached hydrogens (tertiary/aromatic N) is 2. The summed E-state index contributed by atoms with van der Waals surface area (Å²) in [7, 11) is 0. The molecule has 3 nitrogen and oxygen atoms in total. The lowest BCUT2D eigenvalue weighted by Crippen LogP contribution is -2.10. The average molecular weight is 781 g/mol. The molecule has 288 valence electrons. The molecule has 11 aromatic rings. The molecule has 0 atom stereocenters. The summed E-state index contributed by atoms with van der Waals surface area (Å²) in [6, 6.07) is 86.5. The highest BCUT2D eigenvalue weighted by atomic mass is 16.3. The Bertz CT molecular complexity index is 3260. The number of para-hydroxylation sites is 2. The molecule has 11 rings (SSSR count). The highest BCUT2D eigenvalue weighted by molar-refractivity contribution is 6.07. The van der Waals surface area contributed by atoms with Gasteiger partial charge in [-0.3, -0.25) is 0 Å². The summed E-state index contributed by atoms with van der Waals surface area (Å²) in [6.45, 7) is 0. The van der Waals surface area contributed by atoms with Crippen LogP contribution < -0.4 is 9.80 Å². The van der Waals surface area contributed by atoms with Gasteiger partial charge in [-0.2, -0.15) is 0 Å². The predicted octanol–water partition coefficient (Wildman–Crippen LogP) is 16.7. The van der Waals surface area contributed by atoms with Crippen molar-refractivity contribution in [2.75, 3.05) is 9.80 Å². The van der Waals surface area contributed by atoms with Gasteiger partial charge in [0.15, 0.2) is 0 Å². The molecule has 0 spiro atoms. The Morgan fingerprint density at radius 2 is 0.656 bits per heavy atom. The molecule has 0 bridgehead atoms. The van der Waals surface area contributed by atoms with E-state index < -0.39 is 0 Å². The fourth-order valence-corrected chi connectivity index (χ4v) is 8.60. The summed E-state index contributed by atoms with van der Waals surface area (Å²) in [5.41, 5.74) is 15.4. The maximum Gasteiger partial charge on any atom is 0.137 e. The standard InChI is InChI=1S/C58H40N2O/c1-3-12-41(13-4-1)42-22-24-43(25-23-42)44-26-32-49(33-27-44)59(48-16-5-2-6-17-48)50-34-28-45(29-35-50)46-30-36-51(37-31-46)60(56-20-11-15-47-14-7-8-18-53(47)56)52-38-39-55-54-19-9-10-21-57(54)61-58(55)40-52/h1-40H. The van der Waals surface area contributed by atoms with Crippen LogP contribution in [0.5, 0.6) is 0 Å². The SMILES string of the molecule is c1ccc(-c2ccc(-c3ccc(N(c4ccccc4)c4ccc(-c5ccc(N(c6ccc7c(c6)oc6ccccc67)c6cccc7ccccc67)cc5)cc4)cc3)cc2)cc1. The predicted molar refractivity (Wildman–Crippen MR) is 257 cm³/mol. The van der Waals surface area contributed by atoms with Crippen molar-refractivity contribution < 1.29 is 4.42 Å². The van der Waals surface area contributed by atoms with E-state index in [-0.39, 0.29) is 0 Å². The summed E-state index contributed by atoms with van der Waals surface area (Å²) in [6.07, 6.45) is 0. The fraction of sp³-hybridized carbons (Fsp3) is 0. The normalized spacial score (nSPS) is 11.3. The van der Waals surface area contributed by atoms with Crippen LogP contribution >= 0.6 is 0 Å². The van der Waals surface area contributed by atoms with Gasteiger partial charge in [-0.15, -0.1) is 0 Å². The van der Waals surface area contributed by atoms with Gasteiger partial charge in [-0.1, -0.05) is 164 Å². The number of furan rings is 1. The summed E-state index contributed by atoms with van der Waals surface area (Å²) >= 11 is 0. The second-order valence-corrected chi connectivity index (χ2v) is 15.4. The van der Waals surface area contributed by atoms with Crippen LogP contribution in [0.1, 0.15) is 0 Å². The first-order valence-electron chi connectivity index (χ1n) is 20.7. The number of anilines is 6. The third-order valence-electron chi connectivity index (χ3n) is 11.7. The average Bonchev–Trinajstić information content (AvgIpc) is 3.71. The summed E-state index contributed by atoms with van der Waals surface area (Å²) < 4.78 is 6.37. The maximum atomic E-state index is 6.37. The van der Waals surface area contributed by atoms with Crippen LogP contribution in [-0.2, 0) is 0 Å². The van der Waals surface area contributed by atoms with Crippen molar-refractivity contribution in [2.24, 2.45) is 0 Å². The molecule has 1 aromatic heterocycles. The molecule has 0 aliphatic carbocycles. The van der Waals surface area contributed by atoms with E-state index in [9.17, 15) is 0 Å². The molecule has 61 heavy (non-hydrogen) atoms. The zero-order valence-electron chi connectivity index (χ0n) is 33.4. The minimum Gasteiger partial charge on any atom is -0.456 e. The molecule has 1 heterocycles. The van der Waals surface area contributed by atoms with E-state index in [2.05, 4.69) is 240 Å². The molecule has 0 N–H and O–H groups in total. The van der Waals surface area contributed by atoms with E-state index in [0.717, 1.165) is 67.2 Å². The smallest absolute Gasteiger partial charge is 0.137 e. The number of fused-ring (bicyclic) bond motifs is 4. The zero-order valence-corrected chi connectivity index (χ0v) is 33.4. The van der Waals surface area contributed by atoms with Gasteiger partial charge in [-0.25, -0.2) is 0 Å². The van der Waals surface area contributed by atoms with Crippen molar-refractivity contribution in [3.8, 4) is 33.4 Å². The molecule has 0 radical (unpaired) electrons. The summed E-state index contributed by atoms with van der Waals surface area (Å²) in [5, 5.41) is 4.62. The van der Waals surface area contributed by atoms with Crippen molar-refractivity contribution in [1.82, 2.24) is 0 Å². The number of rotatable bonds is 9. The molecule has 0 saturated carbocycles. The number of hydrogen-bond donors (Lipinski definition) is 0. The maximum absolute atomic E-state index is 6.37. The van der Waals surface area contributed by atoms with Gasteiger partial charge in [0.25, 0.3) is 0 Å². The minimum atomic E-state index is 0.870. The van der Waals surface area contributed by atoms with Crippen molar-refractivity contribution in [3.05, 3.63) is 243 Å². The van der Waals surface area contributed by atoms with E-state index in [0.29, 0.717) is 0 Å². The van der Waals surface area contributed by atoms with E-state index in [1.807, 2.05) is 12.1 Å². The van der Waals surface area contributed by atoms with Gasteiger partial charge in [0.2, 0.25) is 0 Å². The molecule has 0 unspecified atom stereocenters. The molecule has 0 fully saturated rings. The molecule has 0 amide bonds. The Hall–Kier alpha value is -8.14.